The Labute approximate surface area is 87.0 Å². The summed E-state index contributed by atoms with van der Waals surface area (Å²) in [6, 6.07) is 0.265. The number of carbonyl (C=O) groups excluding carboxylic acids is 1. The summed E-state index contributed by atoms with van der Waals surface area (Å²) >= 11 is 0. The Kier molecular flexibility index (Phi) is 3.73. The van der Waals surface area contributed by atoms with Gasteiger partial charge in [0.1, 0.15) is 0 Å². The molecule has 2 heteroatoms. The molecule has 1 saturated heterocycles. The average molecular weight is 195 g/mol. The predicted molar refractivity (Wildman–Crippen MR) is 58.9 cm³/mol. The van der Waals surface area contributed by atoms with Gasteiger partial charge in [-0.3, -0.25) is 4.79 Å². The molecule has 2 unspecified atom stereocenters. The van der Waals surface area contributed by atoms with E-state index in [4.69, 9.17) is 0 Å². The largest absolute Gasteiger partial charge is 0.336 e. The molecule has 0 aliphatic carbocycles. The quantitative estimate of drug-likeness (QED) is 0.633. The molecule has 0 N–H and O–H groups in total. The second-order valence-corrected chi connectivity index (χ2v) is 4.68. The molecule has 1 amide bonds. The average Bonchev–Trinajstić information content (AvgIpc) is 2.45. The van der Waals surface area contributed by atoms with Crippen LogP contribution in [0.1, 0.15) is 33.6 Å². The van der Waals surface area contributed by atoms with Crippen LogP contribution in [0.5, 0.6) is 0 Å². The van der Waals surface area contributed by atoms with E-state index in [1.807, 2.05) is 11.0 Å². The zero-order chi connectivity index (χ0) is 10.7. The number of nitrogens with zero attached hydrogens (tertiary/aromatic N) is 1. The first kappa shape index (κ1) is 11.3. The topological polar surface area (TPSA) is 20.3 Å². The number of hydrogen-bond donors (Lipinski definition) is 0. The van der Waals surface area contributed by atoms with Crippen LogP contribution in [0.25, 0.3) is 0 Å². The third-order valence-electron chi connectivity index (χ3n) is 2.91. The molecule has 1 aliphatic heterocycles. The fourth-order valence-corrected chi connectivity index (χ4v) is 2.09. The SMILES string of the molecule is C=CC1C(C)CCN1C(=O)CC(C)C. The minimum Gasteiger partial charge on any atom is -0.336 e. The second kappa shape index (κ2) is 4.63. The van der Waals surface area contributed by atoms with Crippen LogP contribution in [-0.4, -0.2) is 23.4 Å². The summed E-state index contributed by atoms with van der Waals surface area (Å²) in [5.41, 5.74) is 0. The van der Waals surface area contributed by atoms with Crippen LogP contribution in [0.3, 0.4) is 0 Å². The molecule has 0 spiro atoms. The molecule has 14 heavy (non-hydrogen) atoms. The Morgan fingerprint density at radius 2 is 2.29 bits per heavy atom. The Balaban J connectivity index is 2.59. The molecule has 0 bridgehead atoms. The van der Waals surface area contributed by atoms with Gasteiger partial charge in [0.25, 0.3) is 0 Å². The van der Waals surface area contributed by atoms with E-state index in [1.165, 1.54) is 0 Å². The highest BCUT2D eigenvalue weighted by Gasteiger charge is 2.31. The van der Waals surface area contributed by atoms with E-state index in [-0.39, 0.29) is 11.9 Å². The van der Waals surface area contributed by atoms with E-state index in [0.29, 0.717) is 18.3 Å². The van der Waals surface area contributed by atoms with Gasteiger partial charge in [0, 0.05) is 13.0 Å². The van der Waals surface area contributed by atoms with Gasteiger partial charge in [-0.25, -0.2) is 0 Å². The van der Waals surface area contributed by atoms with Crippen LogP contribution < -0.4 is 0 Å². The molecular formula is C12H21NO. The maximum absolute atomic E-state index is 11.8. The van der Waals surface area contributed by atoms with E-state index >= 15 is 0 Å². The molecule has 1 aliphatic rings. The van der Waals surface area contributed by atoms with Crippen LogP contribution in [0.2, 0.25) is 0 Å². The maximum atomic E-state index is 11.8. The zero-order valence-electron chi connectivity index (χ0n) is 9.49. The van der Waals surface area contributed by atoms with Crippen molar-refractivity contribution in [1.29, 1.82) is 0 Å². The molecule has 80 valence electrons. The lowest BCUT2D eigenvalue weighted by Crippen LogP contribution is -2.36. The van der Waals surface area contributed by atoms with Gasteiger partial charge in [-0.1, -0.05) is 26.8 Å². The molecule has 1 rings (SSSR count). The van der Waals surface area contributed by atoms with Crippen molar-refractivity contribution in [2.24, 2.45) is 11.8 Å². The Hall–Kier alpha value is -0.790. The zero-order valence-corrected chi connectivity index (χ0v) is 9.49. The summed E-state index contributed by atoms with van der Waals surface area (Å²) in [5.74, 6) is 1.31. The summed E-state index contributed by atoms with van der Waals surface area (Å²) in [6.07, 6.45) is 3.69. The number of hydrogen-bond acceptors (Lipinski definition) is 1. The van der Waals surface area contributed by atoms with Crippen molar-refractivity contribution in [2.45, 2.75) is 39.7 Å². The Morgan fingerprint density at radius 3 is 2.79 bits per heavy atom. The van der Waals surface area contributed by atoms with E-state index in [1.54, 1.807) is 0 Å². The molecule has 1 fully saturated rings. The first-order valence-corrected chi connectivity index (χ1v) is 5.48. The van der Waals surface area contributed by atoms with E-state index in [9.17, 15) is 4.79 Å². The van der Waals surface area contributed by atoms with Gasteiger partial charge in [0.05, 0.1) is 6.04 Å². The molecule has 0 aromatic carbocycles. The van der Waals surface area contributed by atoms with Crippen molar-refractivity contribution < 1.29 is 4.79 Å². The predicted octanol–water partition coefficient (Wildman–Crippen LogP) is 2.46. The lowest BCUT2D eigenvalue weighted by molar-refractivity contribution is -0.132. The summed E-state index contributed by atoms with van der Waals surface area (Å²) in [5, 5.41) is 0. The molecule has 0 aromatic heterocycles. The van der Waals surface area contributed by atoms with Gasteiger partial charge in [-0.2, -0.15) is 0 Å². The summed E-state index contributed by atoms with van der Waals surface area (Å²) < 4.78 is 0. The lowest BCUT2D eigenvalue weighted by Gasteiger charge is -2.24. The third kappa shape index (κ3) is 2.37. The lowest BCUT2D eigenvalue weighted by atomic mass is 10.0. The summed E-state index contributed by atoms with van der Waals surface area (Å²) in [7, 11) is 0. The van der Waals surface area contributed by atoms with Crippen LogP contribution >= 0.6 is 0 Å². The van der Waals surface area contributed by atoms with Crippen LogP contribution in [-0.2, 0) is 4.79 Å². The van der Waals surface area contributed by atoms with Crippen molar-refractivity contribution in [3.8, 4) is 0 Å². The molecule has 2 atom stereocenters. The van der Waals surface area contributed by atoms with Crippen molar-refractivity contribution in [3.63, 3.8) is 0 Å². The highest BCUT2D eigenvalue weighted by molar-refractivity contribution is 5.77. The fraction of sp³-hybridized carbons (Fsp3) is 0.750. The van der Waals surface area contributed by atoms with Gasteiger partial charge >= 0.3 is 0 Å². The van der Waals surface area contributed by atoms with Crippen molar-refractivity contribution in [3.05, 3.63) is 12.7 Å². The number of likely N-dealkylation sites (tertiary alicyclic amines) is 1. The minimum absolute atomic E-state index is 0.265. The molecule has 0 radical (unpaired) electrons. The van der Waals surface area contributed by atoms with Gasteiger partial charge in [-0.05, 0) is 18.3 Å². The summed E-state index contributed by atoms with van der Waals surface area (Å²) in [6.45, 7) is 11.1. The van der Waals surface area contributed by atoms with E-state index in [0.717, 1.165) is 13.0 Å². The van der Waals surface area contributed by atoms with E-state index < -0.39 is 0 Å². The van der Waals surface area contributed by atoms with Gasteiger partial charge < -0.3 is 4.90 Å². The molecule has 0 aromatic rings. The highest BCUT2D eigenvalue weighted by atomic mass is 16.2. The van der Waals surface area contributed by atoms with Crippen LogP contribution in [0.15, 0.2) is 12.7 Å². The van der Waals surface area contributed by atoms with Crippen molar-refractivity contribution in [2.75, 3.05) is 6.54 Å². The van der Waals surface area contributed by atoms with Crippen LogP contribution in [0, 0.1) is 11.8 Å². The number of rotatable bonds is 3. The first-order chi connectivity index (χ1) is 6.56. The summed E-state index contributed by atoms with van der Waals surface area (Å²) in [4.78, 5) is 13.8. The van der Waals surface area contributed by atoms with Crippen LogP contribution in [0.4, 0.5) is 0 Å². The first-order valence-electron chi connectivity index (χ1n) is 5.48. The van der Waals surface area contributed by atoms with Gasteiger partial charge in [-0.15, -0.1) is 6.58 Å². The fourth-order valence-electron chi connectivity index (χ4n) is 2.09. The van der Waals surface area contributed by atoms with Crippen molar-refractivity contribution in [1.82, 2.24) is 4.90 Å². The number of carbonyl (C=O) groups is 1. The Bertz CT molecular complexity index is 222. The standard InChI is InChI=1S/C12H21NO/c1-5-11-10(4)6-7-13(11)12(14)8-9(2)3/h5,9-11H,1,6-8H2,2-4H3. The van der Waals surface area contributed by atoms with E-state index in [2.05, 4.69) is 27.4 Å². The van der Waals surface area contributed by atoms with Gasteiger partial charge in [0.15, 0.2) is 0 Å². The monoisotopic (exact) mass is 195 g/mol. The molecular weight excluding hydrogens is 174 g/mol. The van der Waals surface area contributed by atoms with Crippen molar-refractivity contribution >= 4 is 5.91 Å². The minimum atomic E-state index is 0.265. The smallest absolute Gasteiger partial charge is 0.223 e. The molecule has 2 nitrogen and oxygen atoms in total. The van der Waals surface area contributed by atoms with Gasteiger partial charge in [0.2, 0.25) is 5.91 Å². The normalized spacial score (nSPS) is 27.0. The second-order valence-electron chi connectivity index (χ2n) is 4.68. The Morgan fingerprint density at radius 1 is 1.64 bits per heavy atom. The maximum Gasteiger partial charge on any atom is 0.223 e. The number of amides is 1. The molecule has 0 saturated carbocycles. The highest BCUT2D eigenvalue weighted by Crippen LogP contribution is 2.25. The molecule has 1 heterocycles. The third-order valence-corrected chi connectivity index (χ3v) is 2.91.